The fourth-order valence-corrected chi connectivity index (χ4v) is 1.91. The zero-order valence-electron chi connectivity index (χ0n) is 12.8. The monoisotopic (exact) mass is 311 g/mol. The van der Waals surface area contributed by atoms with Crippen molar-refractivity contribution in [2.24, 2.45) is 0 Å². The van der Waals surface area contributed by atoms with E-state index >= 15 is 0 Å². The Morgan fingerprint density at radius 2 is 1.86 bits per heavy atom. The van der Waals surface area contributed by atoms with Crippen LogP contribution in [-0.4, -0.2) is 23.9 Å². The van der Waals surface area contributed by atoms with Gasteiger partial charge in [0.1, 0.15) is 0 Å². The third-order valence-electron chi connectivity index (χ3n) is 3.01. The van der Waals surface area contributed by atoms with Crippen LogP contribution in [-0.2, 0) is 9.59 Å². The zero-order chi connectivity index (χ0) is 16.0. The number of halogens is 1. The summed E-state index contributed by atoms with van der Waals surface area (Å²) in [5, 5.41) is 9.03. The standard InChI is InChI=1S/C15H22ClN3O2/c1-5-13(20)18-10-7-8-11(16)12(9-10)19-14(21)15(3,4)17-6-2/h7-9,17H,5-6H2,1-4H3,(H,18,20)(H,19,21). The van der Waals surface area contributed by atoms with E-state index in [9.17, 15) is 9.59 Å². The second kappa shape index (κ2) is 7.43. The Morgan fingerprint density at radius 1 is 1.19 bits per heavy atom. The molecule has 21 heavy (non-hydrogen) atoms. The minimum absolute atomic E-state index is 0.0948. The molecule has 1 aromatic carbocycles. The molecule has 0 saturated heterocycles. The van der Waals surface area contributed by atoms with Crippen LogP contribution in [0.15, 0.2) is 18.2 Å². The molecule has 2 amide bonds. The van der Waals surface area contributed by atoms with Gasteiger partial charge in [0.05, 0.1) is 16.2 Å². The van der Waals surface area contributed by atoms with Crippen molar-refractivity contribution < 1.29 is 9.59 Å². The van der Waals surface area contributed by atoms with Crippen molar-refractivity contribution in [1.29, 1.82) is 0 Å². The highest BCUT2D eigenvalue weighted by Gasteiger charge is 2.26. The SMILES string of the molecule is CCNC(C)(C)C(=O)Nc1cc(NC(=O)CC)ccc1Cl. The number of carbonyl (C=O) groups excluding carboxylic acids is 2. The van der Waals surface area contributed by atoms with E-state index in [-0.39, 0.29) is 11.8 Å². The summed E-state index contributed by atoms with van der Waals surface area (Å²) in [5.41, 5.74) is 0.366. The third-order valence-corrected chi connectivity index (χ3v) is 3.34. The van der Waals surface area contributed by atoms with Crippen LogP contribution in [0.1, 0.15) is 34.1 Å². The molecule has 5 nitrogen and oxygen atoms in total. The normalized spacial score (nSPS) is 11.1. The van der Waals surface area contributed by atoms with Crippen LogP contribution >= 0.6 is 11.6 Å². The Labute approximate surface area is 130 Å². The maximum atomic E-state index is 12.2. The summed E-state index contributed by atoms with van der Waals surface area (Å²) in [7, 11) is 0. The molecule has 0 spiro atoms. The van der Waals surface area contributed by atoms with E-state index in [0.717, 1.165) is 0 Å². The van der Waals surface area contributed by atoms with Crippen molar-refractivity contribution >= 4 is 34.8 Å². The van der Waals surface area contributed by atoms with Crippen molar-refractivity contribution in [3.63, 3.8) is 0 Å². The predicted octanol–water partition coefficient (Wildman–Crippen LogP) is 3.02. The van der Waals surface area contributed by atoms with E-state index < -0.39 is 5.54 Å². The first kappa shape index (κ1) is 17.5. The molecule has 0 aliphatic carbocycles. The molecule has 0 fully saturated rings. The van der Waals surface area contributed by atoms with Crippen LogP contribution in [0.2, 0.25) is 5.02 Å². The molecule has 0 aromatic heterocycles. The van der Waals surface area contributed by atoms with Crippen LogP contribution < -0.4 is 16.0 Å². The van der Waals surface area contributed by atoms with E-state index in [0.29, 0.717) is 29.4 Å². The van der Waals surface area contributed by atoms with Gasteiger partial charge < -0.3 is 16.0 Å². The van der Waals surface area contributed by atoms with E-state index in [4.69, 9.17) is 11.6 Å². The number of amides is 2. The third kappa shape index (κ3) is 5.02. The first-order valence-corrected chi connectivity index (χ1v) is 7.33. The number of benzene rings is 1. The second-order valence-corrected chi connectivity index (χ2v) is 5.61. The van der Waals surface area contributed by atoms with Gasteiger partial charge in [-0.05, 0) is 38.6 Å². The Hall–Kier alpha value is -1.59. The number of anilines is 2. The summed E-state index contributed by atoms with van der Waals surface area (Å²) in [6.45, 7) is 7.97. The minimum atomic E-state index is -0.708. The number of hydrogen-bond donors (Lipinski definition) is 3. The highest BCUT2D eigenvalue weighted by atomic mass is 35.5. The fourth-order valence-electron chi connectivity index (χ4n) is 1.75. The number of nitrogens with one attached hydrogen (secondary N) is 3. The second-order valence-electron chi connectivity index (χ2n) is 5.21. The van der Waals surface area contributed by atoms with Crippen molar-refractivity contribution in [3.05, 3.63) is 23.2 Å². The number of rotatable bonds is 6. The average Bonchev–Trinajstić information content (AvgIpc) is 2.42. The van der Waals surface area contributed by atoms with Crippen LogP contribution in [0.5, 0.6) is 0 Å². The van der Waals surface area contributed by atoms with Gasteiger partial charge in [0.25, 0.3) is 0 Å². The maximum Gasteiger partial charge on any atom is 0.244 e. The van der Waals surface area contributed by atoms with Gasteiger partial charge in [-0.2, -0.15) is 0 Å². The first-order chi connectivity index (χ1) is 9.80. The molecule has 0 saturated carbocycles. The molecule has 0 unspecified atom stereocenters. The zero-order valence-corrected chi connectivity index (χ0v) is 13.6. The van der Waals surface area contributed by atoms with Gasteiger partial charge >= 0.3 is 0 Å². The molecule has 0 heterocycles. The largest absolute Gasteiger partial charge is 0.326 e. The molecule has 116 valence electrons. The number of hydrogen-bond acceptors (Lipinski definition) is 3. The Morgan fingerprint density at radius 3 is 2.43 bits per heavy atom. The molecule has 1 rings (SSSR count). The number of likely N-dealkylation sites (N-methyl/N-ethyl adjacent to an activating group) is 1. The van der Waals surface area contributed by atoms with Crippen LogP contribution in [0, 0.1) is 0 Å². The van der Waals surface area contributed by atoms with Crippen molar-refractivity contribution in [1.82, 2.24) is 5.32 Å². The van der Waals surface area contributed by atoms with Gasteiger partial charge in [0, 0.05) is 12.1 Å². The fraction of sp³-hybridized carbons (Fsp3) is 0.467. The molecule has 3 N–H and O–H groups in total. The van der Waals surface area contributed by atoms with Crippen LogP contribution in [0.25, 0.3) is 0 Å². The lowest BCUT2D eigenvalue weighted by Crippen LogP contribution is -2.49. The summed E-state index contributed by atoms with van der Waals surface area (Å²) in [4.78, 5) is 23.6. The summed E-state index contributed by atoms with van der Waals surface area (Å²) >= 11 is 6.09. The molecule has 0 aliphatic heterocycles. The highest BCUT2D eigenvalue weighted by molar-refractivity contribution is 6.34. The Bertz CT molecular complexity index is 530. The van der Waals surface area contributed by atoms with E-state index in [2.05, 4.69) is 16.0 Å². The molecule has 0 radical (unpaired) electrons. The van der Waals surface area contributed by atoms with Crippen molar-refractivity contribution in [2.45, 2.75) is 39.7 Å². The topological polar surface area (TPSA) is 70.2 Å². The highest BCUT2D eigenvalue weighted by Crippen LogP contribution is 2.26. The van der Waals surface area contributed by atoms with Gasteiger partial charge in [-0.25, -0.2) is 0 Å². The molecule has 0 aliphatic rings. The lowest BCUT2D eigenvalue weighted by Gasteiger charge is -2.24. The smallest absolute Gasteiger partial charge is 0.244 e. The molecule has 0 bridgehead atoms. The quantitative estimate of drug-likeness (QED) is 0.756. The summed E-state index contributed by atoms with van der Waals surface area (Å²) in [6, 6.07) is 4.99. The van der Waals surface area contributed by atoms with Gasteiger partial charge in [-0.1, -0.05) is 25.4 Å². The first-order valence-electron chi connectivity index (χ1n) is 6.96. The van der Waals surface area contributed by atoms with Crippen LogP contribution in [0.4, 0.5) is 11.4 Å². The Balaban J connectivity index is 2.90. The van der Waals surface area contributed by atoms with Crippen molar-refractivity contribution in [2.75, 3.05) is 17.2 Å². The average molecular weight is 312 g/mol. The van der Waals surface area contributed by atoms with Gasteiger partial charge in [-0.15, -0.1) is 0 Å². The molecular formula is C15H22ClN3O2. The van der Waals surface area contributed by atoms with Gasteiger partial charge in [0.2, 0.25) is 11.8 Å². The van der Waals surface area contributed by atoms with Crippen LogP contribution in [0.3, 0.4) is 0 Å². The molecular weight excluding hydrogens is 290 g/mol. The lowest BCUT2D eigenvalue weighted by atomic mass is 10.0. The van der Waals surface area contributed by atoms with Crippen molar-refractivity contribution in [3.8, 4) is 0 Å². The Kier molecular flexibility index (Phi) is 6.18. The number of carbonyl (C=O) groups is 2. The molecule has 1 aromatic rings. The van der Waals surface area contributed by atoms with E-state index in [1.165, 1.54) is 0 Å². The summed E-state index contributed by atoms with van der Waals surface area (Å²) in [5.74, 6) is -0.284. The molecule has 0 atom stereocenters. The maximum absolute atomic E-state index is 12.2. The van der Waals surface area contributed by atoms with Gasteiger partial charge in [-0.3, -0.25) is 9.59 Å². The summed E-state index contributed by atoms with van der Waals surface area (Å²) < 4.78 is 0. The van der Waals surface area contributed by atoms with Gasteiger partial charge in [0.15, 0.2) is 0 Å². The summed E-state index contributed by atoms with van der Waals surface area (Å²) in [6.07, 6.45) is 0.387. The minimum Gasteiger partial charge on any atom is -0.326 e. The van der Waals surface area contributed by atoms with E-state index in [1.807, 2.05) is 6.92 Å². The van der Waals surface area contributed by atoms with E-state index in [1.54, 1.807) is 39.0 Å². The molecule has 6 heteroatoms. The predicted molar refractivity (Wildman–Crippen MR) is 86.8 cm³/mol. The lowest BCUT2D eigenvalue weighted by molar-refractivity contribution is -0.121.